The predicted molar refractivity (Wildman–Crippen MR) is 91.0 cm³/mol. The Hall–Kier alpha value is -2.02. The number of anilines is 1. The molecule has 1 amide bonds. The Bertz CT molecular complexity index is 643. The van der Waals surface area contributed by atoms with Gasteiger partial charge in [-0.1, -0.05) is 0 Å². The molecule has 3 heterocycles. The molecule has 0 atom stereocenters. The zero-order valence-corrected chi connectivity index (χ0v) is 14.3. The van der Waals surface area contributed by atoms with E-state index >= 15 is 0 Å². The highest BCUT2D eigenvalue weighted by Gasteiger charge is 2.23. The Morgan fingerprint density at radius 3 is 2.61 bits per heavy atom. The van der Waals surface area contributed by atoms with Crippen molar-refractivity contribution in [1.82, 2.24) is 19.9 Å². The number of amides is 1. The summed E-state index contributed by atoms with van der Waals surface area (Å²) in [6.45, 7) is 7.13. The molecular formula is C16H21N5OS. The lowest BCUT2D eigenvalue weighted by molar-refractivity contribution is 0.0772. The molecule has 23 heavy (non-hydrogen) atoms. The second-order valence-electron chi connectivity index (χ2n) is 5.40. The van der Waals surface area contributed by atoms with Gasteiger partial charge in [-0.25, -0.2) is 15.0 Å². The summed E-state index contributed by atoms with van der Waals surface area (Å²) in [5.41, 5.74) is 1.06. The highest BCUT2D eigenvalue weighted by molar-refractivity contribution is 7.13. The molecule has 2 aromatic rings. The van der Waals surface area contributed by atoms with Gasteiger partial charge in [0.1, 0.15) is 0 Å². The first-order chi connectivity index (χ1) is 11.2. The zero-order chi connectivity index (χ0) is 16.2. The minimum absolute atomic E-state index is 0.0522. The first-order valence-corrected chi connectivity index (χ1v) is 8.84. The van der Waals surface area contributed by atoms with Gasteiger partial charge in [-0.05, 0) is 19.9 Å². The number of carbonyl (C=O) groups is 1. The van der Waals surface area contributed by atoms with Crippen LogP contribution in [0.5, 0.6) is 0 Å². The van der Waals surface area contributed by atoms with Gasteiger partial charge >= 0.3 is 0 Å². The van der Waals surface area contributed by atoms with Gasteiger partial charge in [0.2, 0.25) is 5.95 Å². The molecule has 122 valence electrons. The van der Waals surface area contributed by atoms with Crippen LogP contribution in [-0.2, 0) is 12.8 Å². The molecular weight excluding hydrogens is 310 g/mol. The van der Waals surface area contributed by atoms with E-state index in [1.54, 1.807) is 23.7 Å². The maximum atomic E-state index is 12.4. The summed E-state index contributed by atoms with van der Waals surface area (Å²) in [7, 11) is 0. The van der Waals surface area contributed by atoms with Crippen LogP contribution in [0.4, 0.5) is 5.95 Å². The van der Waals surface area contributed by atoms with Crippen molar-refractivity contribution < 1.29 is 4.79 Å². The van der Waals surface area contributed by atoms with E-state index in [0.717, 1.165) is 50.7 Å². The summed E-state index contributed by atoms with van der Waals surface area (Å²) in [4.78, 5) is 30.9. The normalized spacial score (nSPS) is 14.3. The molecule has 7 heteroatoms. The summed E-state index contributed by atoms with van der Waals surface area (Å²) in [5.74, 6) is 0.818. The lowest BCUT2D eigenvalue weighted by Crippen LogP contribution is -2.30. The maximum Gasteiger partial charge on any atom is 0.282 e. The number of carbonyl (C=O) groups excluding carboxylic acids is 1. The van der Waals surface area contributed by atoms with E-state index < -0.39 is 0 Å². The summed E-state index contributed by atoms with van der Waals surface area (Å²) < 4.78 is 0. The van der Waals surface area contributed by atoms with Crippen molar-refractivity contribution in [2.45, 2.75) is 26.7 Å². The largest absolute Gasteiger partial charge is 0.340 e. The van der Waals surface area contributed by atoms with Crippen LogP contribution in [-0.4, -0.2) is 51.9 Å². The number of fused-ring (bicyclic) bond motifs is 1. The van der Waals surface area contributed by atoms with Crippen LogP contribution in [0.2, 0.25) is 0 Å². The topological polar surface area (TPSA) is 62.2 Å². The summed E-state index contributed by atoms with van der Waals surface area (Å²) in [5, 5.41) is 0.628. The number of nitrogens with zero attached hydrogens (tertiary/aromatic N) is 5. The Labute approximate surface area is 140 Å². The molecule has 0 radical (unpaired) electrons. The van der Waals surface area contributed by atoms with E-state index in [1.807, 2.05) is 24.8 Å². The third kappa shape index (κ3) is 3.34. The van der Waals surface area contributed by atoms with Crippen LogP contribution in [0.15, 0.2) is 18.5 Å². The summed E-state index contributed by atoms with van der Waals surface area (Å²) in [6.07, 6.45) is 5.25. The van der Waals surface area contributed by atoms with Crippen molar-refractivity contribution in [2.24, 2.45) is 0 Å². The monoisotopic (exact) mass is 331 g/mol. The molecule has 2 aromatic heterocycles. The van der Waals surface area contributed by atoms with E-state index in [1.165, 1.54) is 4.88 Å². The quantitative estimate of drug-likeness (QED) is 0.858. The number of rotatable bonds is 4. The second kappa shape index (κ2) is 7.04. The number of thiazole rings is 1. The van der Waals surface area contributed by atoms with Crippen molar-refractivity contribution in [3.05, 3.63) is 34.0 Å². The van der Waals surface area contributed by atoms with E-state index in [-0.39, 0.29) is 5.91 Å². The Kier molecular flexibility index (Phi) is 4.85. The molecule has 0 saturated heterocycles. The van der Waals surface area contributed by atoms with Gasteiger partial charge in [-0.15, -0.1) is 11.3 Å². The molecule has 0 spiro atoms. The fraction of sp³-hybridized carbons (Fsp3) is 0.500. The van der Waals surface area contributed by atoms with Crippen LogP contribution in [0.25, 0.3) is 0 Å². The van der Waals surface area contributed by atoms with Crippen molar-refractivity contribution in [3.8, 4) is 0 Å². The lowest BCUT2D eigenvalue weighted by Gasteiger charge is -2.19. The summed E-state index contributed by atoms with van der Waals surface area (Å²) >= 11 is 1.54. The molecule has 6 nitrogen and oxygen atoms in total. The van der Waals surface area contributed by atoms with Crippen LogP contribution >= 0.6 is 11.3 Å². The fourth-order valence-corrected chi connectivity index (χ4v) is 3.82. The highest BCUT2D eigenvalue weighted by atomic mass is 32.1. The van der Waals surface area contributed by atoms with Gasteiger partial charge in [0, 0.05) is 56.3 Å². The molecule has 0 fully saturated rings. The lowest BCUT2D eigenvalue weighted by atomic mass is 10.2. The number of aromatic nitrogens is 3. The van der Waals surface area contributed by atoms with Crippen LogP contribution in [0, 0.1) is 0 Å². The second-order valence-corrected chi connectivity index (χ2v) is 6.49. The summed E-state index contributed by atoms with van der Waals surface area (Å²) in [6, 6.07) is 1.82. The van der Waals surface area contributed by atoms with Gasteiger partial charge < -0.3 is 9.80 Å². The molecule has 0 saturated carbocycles. The van der Waals surface area contributed by atoms with Gasteiger partial charge in [0.15, 0.2) is 5.01 Å². The predicted octanol–water partition coefficient (Wildman–Crippen LogP) is 2.02. The first-order valence-electron chi connectivity index (χ1n) is 8.02. The van der Waals surface area contributed by atoms with Crippen LogP contribution in [0.3, 0.4) is 0 Å². The molecule has 1 aliphatic heterocycles. The fourth-order valence-electron chi connectivity index (χ4n) is 2.76. The average molecular weight is 331 g/mol. The van der Waals surface area contributed by atoms with Crippen molar-refractivity contribution in [1.29, 1.82) is 0 Å². The van der Waals surface area contributed by atoms with E-state index in [2.05, 4.69) is 19.9 Å². The van der Waals surface area contributed by atoms with Crippen LogP contribution < -0.4 is 4.90 Å². The highest BCUT2D eigenvalue weighted by Crippen LogP contribution is 2.25. The minimum Gasteiger partial charge on any atom is -0.340 e. The third-order valence-electron chi connectivity index (χ3n) is 4.07. The van der Waals surface area contributed by atoms with Gasteiger partial charge in [0.05, 0.1) is 5.69 Å². The average Bonchev–Trinajstić information content (AvgIpc) is 2.90. The maximum absolute atomic E-state index is 12.4. The van der Waals surface area contributed by atoms with Gasteiger partial charge in [-0.2, -0.15) is 0 Å². The van der Waals surface area contributed by atoms with E-state index in [9.17, 15) is 4.79 Å². The smallest absolute Gasteiger partial charge is 0.282 e. The van der Waals surface area contributed by atoms with E-state index in [4.69, 9.17) is 0 Å². The molecule has 3 rings (SSSR count). The zero-order valence-electron chi connectivity index (χ0n) is 13.5. The van der Waals surface area contributed by atoms with Crippen molar-refractivity contribution in [2.75, 3.05) is 31.1 Å². The molecule has 0 unspecified atom stereocenters. The SMILES string of the molecule is CCN(CC)C(=O)c1nc2c(s1)CCN(c1ncccn1)CC2. The van der Waals surface area contributed by atoms with Gasteiger partial charge in [0.25, 0.3) is 5.91 Å². The molecule has 1 aliphatic rings. The molecule has 0 bridgehead atoms. The molecule has 0 aromatic carbocycles. The minimum atomic E-state index is 0.0522. The Morgan fingerprint density at radius 1 is 1.22 bits per heavy atom. The first kappa shape index (κ1) is 15.9. The van der Waals surface area contributed by atoms with Gasteiger partial charge in [-0.3, -0.25) is 4.79 Å². The Balaban J connectivity index is 1.74. The van der Waals surface area contributed by atoms with Crippen molar-refractivity contribution >= 4 is 23.2 Å². The van der Waals surface area contributed by atoms with E-state index in [0.29, 0.717) is 5.01 Å². The number of hydrogen-bond acceptors (Lipinski definition) is 6. The van der Waals surface area contributed by atoms with Crippen LogP contribution in [0.1, 0.15) is 34.2 Å². The standard InChI is InChI=1S/C16H21N5OS/c1-3-20(4-2)15(22)14-19-12-6-10-21(11-7-13(12)23-14)16-17-8-5-9-18-16/h5,8-9H,3-4,6-7,10-11H2,1-2H3. The molecule has 0 N–H and O–H groups in total. The number of hydrogen-bond donors (Lipinski definition) is 0. The Morgan fingerprint density at radius 2 is 1.91 bits per heavy atom. The third-order valence-corrected chi connectivity index (χ3v) is 5.22. The molecule has 0 aliphatic carbocycles. The van der Waals surface area contributed by atoms with Crippen molar-refractivity contribution in [3.63, 3.8) is 0 Å².